The lowest BCUT2D eigenvalue weighted by atomic mass is 9.90. The highest BCUT2D eigenvalue weighted by atomic mass is 16.3. The van der Waals surface area contributed by atoms with Crippen molar-refractivity contribution in [3.05, 3.63) is 83.4 Å². The maximum atomic E-state index is 9.28. The summed E-state index contributed by atoms with van der Waals surface area (Å²) in [6, 6.07) is 24.2. The van der Waals surface area contributed by atoms with E-state index in [1.54, 1.807) is 0 Å². The van der Waals surface area contributed by atoms with Gasteiger partial charge in [0.25, 0.3) is 0 Å². The first-order chi connectivity index (χ1) is 14.7. The minimum absolute atomic E-state index is 0.0907. The Balaban J connectivity index is 1.78. The fourth-order valence-corrected chi connectivity index (χ4v) is 4.25. The van der Waals surface area contributed by atoms with Crippen molar-refractivity contribution in [2.45, 2.75) is 65.9 Å². The first kappa shape index (κ1) is 22.3. The number of aliphatic hydroxyl groups is 1. The normalized spacial score (nSPS) is 12.1. The number of aliphatic hydroxyl groups excluding tert-OH is 1. The Kier molecular flexibility index (Phi) is 8.28. The van der Waals surface area contributed by atoms with Crippen LogP contribution in [-0.4, -0.2) is 5.11 Å². The van der Waals surface area contributed by atoms with Gasteiger partial charge in [0, 0.05) is 0 Å². The van der Waals surface area contributed by atoms with Gasteiger partial charge in [-0.3, -0.25) is 0 Å². The summed E-state index contributed by atoms with van der Waals surface area (Å²) in [5.41, 5.74) is 8.84. The molecule has 0 aliphatic heterocycles. The van der Waals surface area contributed by atoms with Gasteiger partial charge in [0.05, 0.1) is 6.61 Å². The van der Waals surface area contributed by atoms with E-state index in [4.69, 9.17) is 0 Å². The van der Waals surface area contributed by atoms with Crippen LogP contribution in [0.5, 0.6) is 0 Å². The van der Waals surface area contributed by atoms with E-state index in [0.717, 1.165) is 17.9 Å². The molecule has 0 aromatic heterocycles. The molecule has 0 spiro atoms. The van der Waals surface area contributed by atoms with Gasteiger partial charge in [0.2, 0.25) is 0 Å². The van der Waals surface area contributed by atoms with Crippen LogP contribution in [0.15, 0.2) is 66.7 Å². The molecule has 0 radical (unpaired) electrons. The van der Waals surface area contributed by atoms with E-state index < -0.39 is 0 Å². The summed E-state index contributed by atoms with van der Waals surface area (Å²) < 4.78 is 0. The summed E-state index contributed by atoms with van der Waals surface area (Å²) >= 11 is 0. The predicted octanol–water partition coefficient (Wildman–Crippen LogP) is 7.83. The molecule has 0 aliphatic carbocycles. The van der Waals surface area contributed by atoms with E-state index in [1.165, 1.54) is 65.5 Å². The molecule has 158 valence electrons. The molecular formula is C29H36O. The third-order valence-electron chi connectivity index (χ3n) is 6.29. The van der Waals surface area contributed by atoms with E-state index >= 15 is 0 Å². The maximum absolute atomic E-state index is 9.28. The van der Waals surface area contributed by atoms with Crippen LogP contribution in [-0.2, 0) is 19.4 Å². The Labute approximate surface area is 182 Å². The van der Waals surface area contributed by atoms with Gasteiger partial charge in [0.15, 0.2) is 0 Å². The van der Waals surface area contributed by atoms with E-state index in [9.17, 15) is 5.11 Å². The highest BCUT2D eigenvalue weighted by Gasteiger charge is 2.09. The van der Waals surface area contributed by atoms with Crippen molar-refractivity contribution < 1.29 is 5.11 Å². The van der Waals surface area contributed by atoms with Crippen LogP contribution in [0.4, 0.5) is 0 Å². The van der Waals surface area contributed by atoms with Crippen LogP contribution in [0.3, 0.4) is 0 Å². The Hall–Kier alpha value is -2.38. The summed E-state index contributed by atoms with van der Waals surface area (Å²) in [4.78, 5) is 0. The average Bonchev–Trinajstić information content (AvgIpc) is 2.81. The van der Waals surface area contributed by atoms with E-state index in [0.29, 0.717) is 0 Å². The predicted molar refractivity (Wildman–Crippen MR) is 130 cm³/mol. The minimum Gasteiger partial charge on any atom is -0.392 e. The monoisotopic (exact) mass is 400 g/mol. The first-order valence-electron chi connectivity index (χ1n) is 11.6. The molecule has 0 saturated carbocycles. The van der Waals surface area contributed by atoms with E-state index in [1.807, 2.05) is 12.1 Å². The molecule has 1 heteroatoms. The van der Waals surface area contributed by atoms with Crippen LogP contribution >= 0.6 is 0 Å². The van der Waals surface area contributed by atoms with Crippen molar-refractivity contribution in [3.8, 4) is 22.3 Å². The Morgan fingerprint density at radius 1 is 0.733 bits per heavy atom. The van der Waals surface area contributed by atoms with Gasteiger partial charge < -0.3 is 5.11 Å². The zero-order chi connectivity index (χ0) is 21.3. The largest absolute Gasteiger partial charge is 0.392 e. The van der Waals surface area contributed by atoms with Gasteiger partial charge in [-0.25, -0.2) is 0 Å². The van der Waals surface area contributed by atoms with Crippen molar-refractivity contribution in [1.82, 2.24) is 0 Å². The number of rotatable bonds is 10. The Morgan fingerprint density at radius 2 is 1.37 bits per heavy atom. The zero-order valence-corrected chi connectivity index (χ0v) is 18.8. The molecule has 1 N–H and O–H groups in total. The lowest BCUT2D eigenvalue weighted by Gasteiger charge is -2.15. The molecular weight excluding hydrogens is 364 g/mol. The Morgan fingerprint density at radius 3 is 1.97 bits per heavy atom. The maximum Gasteiger partial charge on any atom is 0.0681 e. The molecule has 1 unspecified atom stereocenters. The van der Waals surface area contributed by atoms with Crippen LogP contribution in [0, 0.1) is 5.92 Å². The lowest BCUT2D eigenvalue weighted by Crippen LogP contribution is -2.03. The van der Waals surface area contributed by atoms with Gasteiger partial charge in [-0.05, 0) is 57.7 Å². The van der Waals surface area contributed by atoms with Gasteiger partial charge in [-0.15, -0.1) is 0 Å². The van der Waals surface area contributed by atoms with Crippen LogP contribution in [0.2, 0.25) is 0 Å². The molecule has 1 atom stereocenters. The number of hydrogen-bond acceptors (Lipinski definition) is 1. The molecule has 0 fully saturated rings. The fraction of sp³-hybridized carbons (Fsp3) is 0.379. The second-order valence-corrected chi connectivity index (χ2v) is 8.40. The number of unbranched alkanes of at least 4 members (excludes halogenated alkanes) is 1. The number of benzene rings is 3. The summed E-state index contributed by atoms with van der Waals surface area (Å²) in [6.45, 7) is 6.91. The lowest BCUT2D eigenvalue weighted by molar-refractivity contribution is 0.282. The van der Waals surface area contributed by atoms with Gasteiger partial charge >= 0.3 is 0 Å². The van der Waals surface area contributed by atoms with Crippen LogP contribution < -0.4 is 0 Å². The molecule has 0 aliphatic rings. The Bertz CT molecular complexity index is 906. The SMILES string of the molecule is CCCCC(CC)Cc1ccc(-c2ccc(-c3ccc(CO)cc3)c(CC)c2)cc1. The second-order valence-electron chi connectivity index (χ2n) is 8.40. The molecule has 1 nitrogen and oxygen atoms in total. The number of aryl methyl sites for hydroxylation is 1. The van der Waals surface area contributed by atoms with Crippen molar-refractivity contribution in [3.63, 3.8) is 0 Å². The highest BCUT2D eigenvalue weighted by Crippen LogP contribution is 2.30. The summed E-state index contributed by atoms with van der Waals surface area (Å²) in [6.07, 6.45) is 7.43. The standard InChI is InChI=1S/C29H36O/c1-4-7-8-22(5-2)19-23-9-13-26(14-10-23)28-17-18-29(25(6-3)20-28)27-15-11-24(21-30)12-16-27/h9-18,20,22,30H,4-8,19,21H2,1-3H3. The average molecular weight is 401 g/mol. The van der Waals surface area contributed by atoms with Crippen molar-refractivity contribution >= 4 is 0 Å². The molecule has 0 bridgehead atoms. The summed E-state index contributed by atoms with van der Waals surface area (Å²) in [7, 11) is 0. The van der Waals surface area contributed by atoms with Crippen molar-refractivity contribution in [2.75, 3.05) is 0 Å². The fourth-order valence-electron chi connectivity index (χ4n) is 4.25. The van der Waals surface area contributed by atoms with Gasteiger partial charge in [0.1, 0.15) is 0 Å². The van der Waals surface area contributed by atoms with Crippen molar-refractivity contribution in [2.24, 2.45) is 5.92 Å². The minimum atomic E-state index is 0.0907. The van der Waals surface area contributed by atoms with Crippen LogP contribution in [0.1, 0.15) is 63.1 Å². The topological polar surface area (TPSA) is 20.2 Å². The summed E-state index contributed by atoms with van der Waals surface area (Å²) in [5, 5.41) is 9.28. The highest BCUT2D eigenvalue weighted by molar-refractivity contribution is 5.74. The molecule has 3 aromatic carbocycles. The second kappa shape index (κ2) is 11.1. The zero-order valence-electron chi connectivity index (χ0n) is 18.8. The van der Waals surface area contributed by atoms with E-state index in [2.05, 4.69) is 75.4 Å². The first-order valence-corrected chi connectivity index (χ1v) is 11.6. The molecule has 3 aromatic rings. The quantitative estimate of drug-likeness (QED) is 0.367. The van der Waals surface area contributed by atoms with Gasteiger partial charge in [-0.2, -0.15) is 0 Å². The van der Waals surface area contributed by atoms with Crippen LogP contribution in [0.25, 0.3) is 22.3 Å². The van der Waals surface area contributed by atoms with Crippen molar-refractivity contribution in [1.29, 1.82) is 0 Å². The van der Waals surface area contributed by atoms with Gasteiger partial charge in [-0.1, -0.05) is 113 Å². The summed E-state index contributed by atoms with van der Waals surface area (Å²) in [5.74, 6) is 0.805. The molecule has 0 saturated heterocycles. The smallest absolute Gasteiger partial charge is 0.0681 e. The molecule has 30 heavy (non-hydrogen) atoms. The molecule has 0 heterocycles. The third kappa shape index (κ3) is 5.61. The molecule has 3 rings (SSSR count). The van der Waals surface area contributed by atoms with E-state index in [-0.39, 0.29) is 6.61 Å². The number of hydrogen-bond donors (Lipinski definition) is 1. The molecule has 0 amide bonds. The third-order valence-corrected chi connectivity index (χ3v) is 6.29.